The molecule has 0 aromatic rings. The second-order valence-corrected chi connectivity index (χ2v) is 3.50. The zero-order valence-corrected chi connectivity index (χ0v) is 6.38. The molecule has 0 amide bonds. The summed E-state index contributed by atoms with van der Waals surface area (Å²) in [5.74, 6) is 0. The first kappa shape index (κ1) is 5.42. The molecule has 5 nitrogen and oxygen atoms in total. The fourth-order valence-corrected chi connectivity index (χ4v) is 0.788. The van der Waals surface area contributed by atoms with Crippen molar-refractivity contribution in [3.05, 3.63) is 0 Å². The Morgan fingerprint density at radius 3 is 2.14 bits per heavy atom. The summed E-state index contributed by atoms with van der Waals surface area (Å²) in [7, 11) is -2.82. The molecule has 1 rings (SSSR count). The summed E-state index contributed by atoms with van der Waals surface area (Å²) in [6.07, 6.45) is 0. The second-order valence-electron chi connectivity index (χ2n) is 0.847. The van der Waals surface area contributed by atoms with Crippen LogP contribution in [0.25, 0.3) is 0 Å². The van der Waals surface area contributed by atoms with Crippen LogP contribution in [0.15, 0.2) is 0 Å². The van der Waals surface area contributed by atoms with Crippen LogP contribution in [0.2, 0.25) is 0 Å². The highest BCUT2D eigenvalue weighted by atomic mass is 31.2. The molecule has 0 aliphatic carbocycles. The highest BCUT2D eigenvalue weighted by Crippen LogP contribution is 2.56. The molecule has 0 atom stereocenters. The Labute approximate surface area is 42.5 Å². The van der Waals surface area contributed by atoms with Crippen molar-refractivity contribution in [3.63, 3.8) is 0 Å². The van der Waals surface area contributed by atoms with Crippen molar-refractivity contribution < 1.29 is 23.2 Å². The van der Waals surface area contributed by atoms with Gasteiger partial charge in [-0.3, -0.25) is 0 Å². The molecule has 42 valence electrons. The van der Waals surface area contributed by atoms with E-state index in [-0.39, 0.29) is 0 Å². The van der Waals surface area contributed by atoms with Crippen LogP contribution >= 0.6 is 7.82 Å². The number of rotatable bonds is 1. The Bertz CT molecular complexity index is 92.4. The third kappa shape index (κ3) is 0.907. The first-order valence-electron chi connectivity index (χ1n) is 1.47. The number of phosphoric acid groups is 1. The molecule has 0 radical (unpaired) electrons. The van der Waals surface area contributed by atoms with Crippen LogP contribution < -0.4 is 0 Å². The van der Waals surface area contributed by atoms with Gasteiger partial charge in [0.2, 0.25) is 0 Å². The number of hydrogen-bond acceptors (Lipinski definition) is 5. The Balaban J connectivity index is 2.45. The van der Waals surface area contributed by atoms with E-state index < -0.39 is 7.82 Å². The highest BCUT2D eigenvalue weighted by molar-refractivity contribution is 7.49. The smallest absolute Gasteiger partial charge is 0.338 e. The third-order valence-electron chi connectivity index (χ3n) is 0.467. The van der Waals surface area contributed by atoms with E-state index in [0.29, 0.717) is 10.5 Å². The Morgan fingerprint density at radius 1 is 1.57 bits per heavy atom. The molecule has 0 N–H and O–H groups in total. The topological polar surface area (TPSA) is 54.0 Å². The second kappa shape index (κ2) is 1.66. The monoisotopic (exact) mass is 142 g/mol. The zero-order chi connectivity index (χ0) is 5.33. The quantitative estimate of drug-likeness (QED) is 0.275. The third-order valence-corrected chi connectivity index (χ3v) is 2.74. The summed E-state index contributed by atoms with van der Waals surface area (Å²) < 4.78 is 22.4. The summed E-state index contributed by atoms with van der Waals surface area (Å²) in [4.78, 5) is 0. The van der Waals surface area contributed by atoms with Crippen LogP contribution in [0.1, 0.15) is 0 Å². The van der Waals surface area contributed by atoms with E-state index in [4.69, 9.17) is 0 Å². The normalized spacial score (nSPS) is 26.9. The molecule has 0 spiro atoms. The van der Waals surface area contributed by atoms with Crippen LogP contribution in [-0.4, -0.2) is 10.5 Å². The van der Waals surface area contributed by atoms with Gasteiger partial charge in [0.05, 0.1) is 0 Å². The van der Waals surface area contributed by atoms with Crippen LogP contribution in [0.3, 0.4) is 0 Å². The molecule has 7 heteroatoms. The van der Waals surface area contributed by atoms with Crippen molar-refractivity contribution in [3.8, 4) is 0 Å². The molecule has 7 heavy (non-hydrogen) atoms. The highest BCUT2D eigenvalue weighted by Gasteiger charge is 2.38. The molecule has 1 heterocycles. The van der Waals surface area contributed by atoms with Gasteiger partial charge in [0.15, 0.2) is 10.5 Å². The molecule has 0 saturated carbocycles. The first-order chi connectivity index (χ1) is 3.27. The van der Waals surface area contributed by atoms with Crippen LogP contribution in [0, 0.1) is 0 Å². The molecular formula is H3O5PSi. The standard InChI is InChI=1S/H3O5PSi/c1-6(5-7)3-2-4-6/h7H3. The maximum absolute atomic E-state index is 10.3. The predicted molar refractivity (Wildman–Crippen MR) is 21.9 cm³/mol. The van der Waals surface area contributed by atoms with Crippen molar-refractivity contribution in [2.75, 3.05) is 0 Å². The van der Waals surface area contributed by atoms with Crippen LogP contribution in [0.5, 0.6) is 0 Å². The molecule has 1 aliphatic rings. The maximum atomic E-state index is 10.3. The summed E-state index contributed by atoms with van der Waals surface area (Å²) >= 11 is 0. The van der Waals surface area contributed by atoms with Crippen LogP contribution in [0.4, 0.5) is 0 Å². The van der Waals surface area contributed by atoms with Gasteiger partial charge >= 0.3 is 7.82 Å². The zero-order valence-electron chi connectivity index (χ0n) is 3.49. The van der Waals surface area contributed by atoms with Gasteiger partial charge in [-0.05, 0) is 5.04 Å². The lowest BCUT2D eigenvalue weighted by atomic mass is 14.5. The Hall–Kier alpha value is 0.287. The molecular weight excluding hydrogens is 139 g/mol. The largest absolute Gasteiger partial charge is 0.523 e. The lowest BCUT2D eigenvalue weighted by molar-refractivity contribution is -0.496. The van der Waals surface area contributed by atoms with E-state index in [2.05, 4.69) is 18.6 Å². The molecule has 1 saturated heterocycles. The lowest BCUT2D eigenvalue weighted by Crippen LogP contribution is -2.07. The van der Waals surface area contributed by atoms with Crippen molar-refractivity contribution in [1.29, 1.82) is 0 Å². The summed E-state index contributed by atoms with van der Waals surface area (Å²) in [6.45, 7) is 0. The fraction of sp³-hybridized carbons (Fsp3) is 0. The van der Waals surface area contributed by atoms with Gasteiger partial charge in [0.1, 0.15) is 0 Å². The summed E-state index contributed by atoms with van der Waals surface area (Å²) in [5.41, 5.74) is 0. The minimum Gasteiger partial charge on any atom is -0.338 e. The van der Waals surface area contributed by atoms with Gasteiger partial charge in [-0.15, -0.1) is 0 Å². The summed E-state index contributed by atoms with van der Waals surface area (Å²) in [6, 6.07) is 0. The van der Waals surface area contributed by atoms with Crippen molar-refractivity contribution >= 4 is 18.3 Å². The van der Waals surface area contributed by atoms with E-state index in [9.17, 15) is 4.57 Å². The van der Waals surface area contributed by atoms with Gasteiger partial charge in [0, 0.05) is 0 Å². The minimum atomic E-state index is -3.13. The minimum absolute atomic E-state index is 0.315. The van der Waals surface area contributed by atoms with E-state index in [1.165, 1.54) is 0 Å². The summed E-state index contributed by atoms with van der Waals surface area (Å²) in [5, 5.41) is 3.66. The predicted octanol–water partition coefficient (Wildman–Crippen LogP) is -0.715. The molecule has 0 aromatic carbocycles. The van der Waals surface area contributed by atoms with Gasteiger partial charge in [-0.2, -0.15) is 0 Å². The Morgan fingerprint density at radius 2 is 2.14 bits per heavy atom. The average Bonchev–Trinajstić information content (AvgIpc) is 1.61. The van der Waals surface area contributed by atoms with Gasteiger partial charge in [-0.25, -0.2) is 4.57 Å². The SMILES string of the molecule is O=P1(O[SiH3])OOO1. The van der Waals surface area contributed by atoms with Crippen LogP contribution in [-0.2, 0) is 23.2 Å². The van der Waals surface area contributed by atoms with E-state index in [0.717, 1.165) is 0 Å². The fourth-order valence-electron chi connectivity index (χ4n) is 0.141. The molecule has 1 fully saturated rings. The van der Waals surface area contributed by atoms with E-state index >= 15 is 0 Å². The average molecular weight is 142 g/mol. The van der Waals surface area contributed by atoms with Crippen molar-refractivity contribution in [1.82, 2.24) is 0 Å². The molecule has 1 aliphatic heterocycles. The maximum Gasteiger partial charge on any atom is 0.523 e. The molecule has 0 bridgehead atoms. The van der Waals surface area contributed by atoms with E-state index in [1.807, 2.05) is 0 Å². The van der Waals surface area contributed by atoms with Crippen molar-refractivity contribution in [2.24, 2.45) is 0 Å². The molecule has 0 unspecified atom stereocenters. The first-order valence-corrected chi connectivity index (χ1v) is 3.75. The van der Waals surface area contributed by atoms with E-state index in [1.54, 1.807) is 0 Å². The Kier molecular flexibility index (Phi) is 1.29. The van der Waals surface area contributed by atoms with Gasteiger partial charge < -0.3 is 4.21 Å². The van der Waals surface area contributed by atoms with Crippen molar-refractivity contribution in [2.45, 2.75) is 0 Å². The van der Waals surface area contributed by atoms with Gasteiger partial charge in [-0.1, -0.05) is 9.35 Å². The number of hydrogen-bond donors (Lipinski definition) is 0. The van der Waals surface area contributed by atoms with Gasteiger partial charge in [0.25, 0.3) is 0 Å². The molecule has 0 aromatic heterocycles. The lowest BCUT2D eigenvalue weighted by Gasteiger charge is -2.18.